The fraction of sp³-hybridized carbons (Fsp3) is 0.421. The number of ketones is 1. The molecule has 0 radical (unpaired) electrons. The number of ether oxygens (including phenoxy) is 4. The lowest BCUT2D eigenvalue weighted by Gasteiger charge is -2.36. The molecule has 3 atom stereocenters. The highest BCUT2D eigenvalue weighted by Crippen LogP contribution is 2.45. The third-order valence-corrected chi connectivity index (χ3v) is 10.6. The minimum absolute atomic E-state index is 0.100. The van der Waals surface area contributed by atoms with Gasteiger partial charge in [0.15, 0.2) is 17.3 Å². The predicted octanol–water partition coefficient (Wildman–Crippen LogP) is 7.61. The second-order valence-corrected chi connectivity index (χ2v) is 13.6. The van der Waals surface area contributed by atoms with E-state index in [0.717, 1.165) is 48.3 Å². The van der Waals surface area contributed by atoms with E-state index in [9.17, 15) is 9.59 Å². The lowest BCUT2D eigenvalue weighted by Crippen LogP contribution is -2.40. The Morgan fingerprint density at radius 1 is 0.830 bits per heavy atom. The molecule has 2 bridgehead atoms. The molecule has 3 heterocycles. The van der Waals surface area contributed by atoms with E-state index in [1.807, 2.05) is 54.6 Å². The van der Waals surface area contributed by atoms with Gasteiger partial charge >= 0.3 is 0 Å². The van der Waals surface area contributed by atoms with Gasteiger partial charge < -0.3 is 28.4 Å². The number of methoxy groups -OCH3 is 2. The van der Waals surface area contributed by atoms with Crippen molar-refractivity contribution in [1.82, 2.24) is 9.47 Å². The number of halogens is 1. The predicted molar refractivity (Wildman–Crippen MR) is 182 cm³/mol. The Labute approximate surface area is 280 Å². The molecular weight excluding hydrogens is 616 g/mol. The van der Waals surface area contributed by atoms with Crippen LogP contribution in [-0.4, -0.2) is 48.6 Å². The van der Waals surface area contributed by atoms with Crippen molar-refractivity contribution >= 4 is 28.3 Å². The molecule has 3 aliphatic rings. The van der Waals surface area contributed by atoms with Crippen LogP contribution in [0.4, 0.5) is 0 Å². The minimum atomic E-state index is -0.348. The Bertz CT molecular complexity index is 1820. The topological polar surface area (TPSA) is 79.2 Å². The first-order valence-electron chi connectivity index (χ1n) is 16.5. The fourth-order valence-corrected chi connectivity index (χ4v) is 7.67. The maximum absolute atomic E-state index is 14.2. The van der Waals surface area contributed by atoms with Gasteiger partial charge in [0.05, 0.1) is 35.7 Å². The molecule has 2 saturated heterocycles. The normalized spacial score (nSPS) is 20.7. The molecule has 9 heteroatoms. The zero-order valence-corrected chi connectivity index (χ0v) is 27.9. The highest BCUT2D eigenvalue weighted by atomic mass is 35.5. The molecule has 0 spiro atoms. The summed E-state index contributed by atoms with van der Waals surface area (Å²) in [5.41, 5.74) is 2.35. The van der Waals surface area contributed by atoms with E-state index in [1.54, 1.807) is 20.4 Å². The molecule has 7 rings (SSSR count). The minimum Gasteiger partial charge on any atom is -0.497 e. The van der Waals surface area contributed by atoms with E-state index in [-0.39, 0.29) is 52.7 Å². The second kappa shape index (κ2) is 13.2. The molecule has 47 heavy (non-hydrogen) atoms. The van der Waals surface area contributed by atoms with E-state index < -0.39 is 0 Å². The summed E-state index contributed by atoms with van der Waals surface area (Å²) in [6, 6.07) is 18.3. The van der Waals surface area contributed by atoms with Gasteiger partial charge in [0.25, 0.3) is 0 Å². The van der Waals surface area contributed by atoms with Gasteiger partial charge in [-0.1, -0.05) is 35.9 Å². The SMILES string of the molecule is COc1ccc(COc2cc3c(c(Cl)c2OCc2ccc(OC)cc2)c(=O)c(C(=O)CC2C[C@H]4CC[C@@H](C2)N4C)cn3C2CC2)cc1. The van der Waals surface area contributed by atoms with Crippen molar-refractivity contribution < 1.29 is 23.7 Å². The monoisotopic (exact) mass is 656 g/mol. The Morgan fingerprint density at radius 2 is 1.38 bits per heavy atom. The van der Waals surface area contributed by atoms with Gasteiger partial charge in [0, 0.05) is 36.8 Å². The summed E-state index contributed by atoms with van der Waals surface area (Å²) < 4.78 is 25.4. The summed E-state index contributed by atoms with van der Waals surface area (Å²) in [4.78, 5) is 30.6. The Kier molecular flexibility index (Phi) is 8.90. The first-order chi connectivity index (χ1) is 22.8. The van der Waals surface area contributed by atoms with Crippen LogP contribution >= 0.6 is 11.6 Å². The molecule has 1 aromatic heterocycles. The van der Waals surface area contributed by atoms with Crippen LogP contribution in [0.15, 0.2) is 65.6 Å². The molecule has 0 amide bonds. The first kappa shape index (κ1) is 31.6. The number of rotatable bonds is 12. The maximum atomic E-state index is 14.2. The summed E-state index contributed by atoms with van der Waals surface area (Å²) in [6.45, 7) is 0.454. The van der Waals surface area contributed by atoms with Crippen LogP contribution in [0.1, 0.15) is 72.5 Å². The lowest BCUT2D eigenvalue weighted by molar-refractivity contribution is 0.0881. The Hall–Kier alpha value is -4.01. The van der Waals surface area contributed by atoms with Crippen molar-refractivity contribution in [2.75, 3.05) is 21.3 Å². The number of benzene rings is 3. The van der Waals surface area contributed by atoms with Crippen molar-refractivity contribution in [1.29, 1.82) is 0 Å². The van der Waals surface area contributed by atoms with Crippen molar-refractivity contribution in [2.24, 2.45) is 5.92 Å². The molecule has 8 nitrogen and oxygen atoms in total. The molecular formula is C38H41ClN2O6. The number of pyridine rings is 1. The van der Waals surface area contributed by atoms with Crippen LogP contribution in [0.5, 0.6) is 23.0 Å². The van der Waals surface area contributed by atoms with Crippen molar-refractivity contribution in [3.8, 4) is 23.0 Å². The zero-order chi connectivity index (χ0) is 32.7. The summed E-state index contributed by atoms with van der Waals surface area (Å²) in [5.74, 6) is 2.39. The second-order valence-electron chi connectivity index (χ2n) is 13.2. The highest BCUT2D eigenvalue weighted by Gasteiger charge is 2.39. The molecule has 1 unspecified atom stereocenters. The van der Waals surface area contributed by atoms with Gasteiger partial charge in [-0.2, -0.15) is 0 Å². The van der Waals surface area contributed by atoms with Crippen molar-refractivity contribution in [2.45, 2.75) is 76.3 Å². The number of carbonyl (C=O) groups excluding carboxylic acids is 1. The molecule has 3 fully saturated rings. The average molecular weight is 657 g/mol. The molecule has 0 N–H and O–H groups in total. The third-order valence-electron chi connectivity index (χ3n) is 10.2. The van der Waals surface area contributed by atoms with Crippen molar-refractivity contribution in [3.63, 3.8) is 0 Å². The van der Waals surface area contributed by atoms with E-state index in [4.69, 9.17) is 30.5 Å². The molecule has 246 valence electrons. The number of fused-ring (bicyclic) bond motifs is 3. The van der Waals surface area contributed by atoms with Gasteiger partial charge in [0.1, 0.15) is 24.7 Å². The summed E-state index contributed by atoms with van der Waals surface area (Å²) >= 11 is 7.14. The molecule has 4 aromatic rings. The summed E-state index contributed by atoms with van der Waals surface area (Å²) in [7, 11) is 5.45. The van der Waals surface area contributed by atoms with Crippen LogP contribution in [0, 0.1) is 5.92 Å². The van der Waals surface area contributed by atoms with Crippen LogP contribution in [-0.2, 0) is 13.2 Å². The number of hydrogen-bond acceptors (Lipinski definition) is 7. The molecule has 2 aliphatic heterocycles. The van der Waals surface area contributed by atoms with Crippen LogP contribution in [0.2, 0.25) is 5.02 Å². The largest absolute Gasteiger partial charge is 0.497 e. The quantitative estimate of drug-likeness (QED) is 0.145. The van der Waals surface area contributed by atoms with E-state index >= 15 is 0 Å². The summed E-state index contributed by atoms with van der Waals surface area (Å²) in [5, 5.41) is 0.460. The van der Waals surface area contributed by atoms with Crippen LogP contribution in [0.25, 0.3) is 10.9 Å². The van der Waals surface area contributed by atoms with Gasteiger partial charge in [-0.25, -0.2) is 0 Å². The summed E-state index contributed by atoms with van der Waals surface area (Å²) in [6.07, 6.45) is 8.48. The average Bonchev–Trinajstić information content (AvgIpc) is 3.90. The van der Waals surface area contributed by atoms with E-state index in [0.29, 0.717) is 35.2 Å². The Morgan fingerprint density at radius 3 is 1.94 bits per heavy atom. The third kappa shape index (κ3) is 6.46. The zero-order valence-electron chi connectivity index (χ0n) is 27.2. The van der Waals surface area contributed by atoms with Gasteiger partial charge in [-0.15, -0.1) is 0 Å². The molecule has 3 aromatic carbocycles. The molecule has 1 aliphatic carbocycles. The maximum Gasteiger partial charge on any atom is 0.201 e. The van der Waals surface area contributed by atoms with Gasteiger partial charge in [-0.05, 0) is 86.9 Å². The van der Waals surface area contributed by atoms with Crippen molar-refractivity contribution in [3.05, 3.63) is 92.7 Å². The smallest absolute Gasteiger partial charge is 0.201 e. The van der Waals surface area contributed by atoms with Crippen LogP contribution in [0.3, 0.4) is 0 Å². The van der Waals surface area contributed by atoms with E-state index in [1.165, 1.54) is 12.8 Å². The number of hydrogen-bond donors (Lipinski definition) is 0. The lowest BCUT2D eigenvalue weighted by atomic mass is 9.86. The number of Topliss-reactive ketones (excluding diaryl/α,β-unsaturated/α-hetero) is 1. The first-order valence-corrected chi connectivity index (χ1v) is 16.9. The highest BCUT2D eigenvalue weighted by molar-refractivity contribution is 6.37. The number of carbonyl (C=O) groups is 1. The number of nitrogens with zero attached hydrogens (tertiary/aromatic N) is 2. The number of piperidine rings is 1. The standard InChI is InChI=1S/C38H41ClN2O6/c1-40-27-10-11-28(40)17-25(16-27)18-33(42)31-20-41(26-8-9-26)32-19-34(46-21-23-4-12-29(44-2)13-5-23)38(36(39)35(32)37(31)43)47-22-24-6-14-30(45-3)15-7-24/h4-7,12-15,19-20,25-28H,8-11,16-18,21-22H2,1-3H3/t25?,27-,28+. The fourth-order valence-electron chi connectivity index (χ4n) is 7.34. The van der Waals surface area contributed by atoms with Crippen LogP contribution < -0.4 is 24.4 Å². The van der Waals surface area contributed by atoms with E-state index in [2.05, 4.69) is 16.5 Å². The van der Waals surface area contributed by atoms with Gasteiger partial charge in [-0.3, -0.25) is 9.59 Å². The number of aromatic nitrogens is 1. The molecule has 1 saturated carbocycles. The van der Waals surface area contributed by atoms with Gasteiger partial charge in [0.2, 0.25) is 5.43 Å². The Balaban J connectivity index is 1.25.